The number of benzene rings is 3. The van der Waals surface area contributed by atoms with E-state index >= 15 is 0 Å². The molecule has 1 aromatic heterocycles. The molecule has 0 aliphatic heterocycles. The van der Waals surface area contributed by atoms with E-state index in [1.165, 1.54) is 25.7 Å². The van der Waals surface area contributed by atoms with Gasteiger partial charge in [-0.15, -0.1) is 0 Å². The molecule has 7 nitrogen and oxygen atoms in total. The molecule has 0 saturated heterocycles. The van der Waals surface area contributed by atoms with Gasteiger partial charge in [0.25, 0.3) is 5.91 Å². The molecule has 0 aliphatic rings. The van der Waals surface area contributed by atoms with Crippen LogP contribution in [0.25, 0.3) is 22.5 Å². The highest BCUT2D eigenvalue weighted by molar-refractivity contribution is 5.96. The van der Waals surface area contributed by atoms with Crippen LogP contribution in [-0.2, 0) is 11.2 Å². The van der Waals surface area contributed by atoms with E-state index in [2.05, 4.69) is 22.2 Å². The first-order chi connectivity index (χ1) is 20.3. The molecule has 0 spiro atoms. The van der Waals surface area contributed by atoms with Crippen LogP contribution in [0.5, 0.6) is 5.75 Å². The number of hydrogen-bond donors (Lipinski definition) is 2. The minimum Gasteiger partial charge on any atom is -0.494 e. The van der Waals surface area contributed by atoms with Crippen molar-refractivity contribution in [2.75, 3.05) is 6.61 Å². The molecule has 1 atom stereocenters. The second-order valence-electron chi connectivity index (χ2n) is 10.6. The van der Waals surface area contributed by atoms with E-state index in [1.54, 1.807) is 24.5 Å². The van der Waals surface area contributed by atoms with Gasteiger partial charge in [0.2, 0.25) is 0 Å². The molecule has 42 heavy (non-hydrogen) atoms. The SMILES string of the molecule is CCCCCCCOc1ccc(-c2cnc(-c3ccc(C[C@H](NC(=O)c4ccc(C)c(C)c4)C(=O)O)cc3)nc2)cc1. The highest BCUT2D eigenvalue weighted by atomic mass is 16.5. The van der Waals surface area contributed by atoms with E-state index in [-0.39, 0.29) is 6.42 Å². The third-order valence-corrected chi connectivity index (χ3v) is 7.38. The van der Waals surface area contributed by atoms with Gasteiger partial charge in [-0.05, 0) is 66.8 Å². The number of carboxylic acid groups (broad SMARTS) is 1. The van der Waals surface area contributed by atoms with Gasteiger partial charge < -0.3 is 15.2 Å². The Kier molecular flexibility index (Phi) is 10.8. The summed E-state index contributed by atoms with van der Waals surface area (Å²) < 4.78 is 5.86. The molecule has 3 aromatic carbocycles. The third-order valence-electron chi connectivity index (χ3n) is 7.38. The first-order valence-corrected chi connectivity index (χ1v) is 14.6. The molecule has 4 rings (SSSR count). The fraction of sp³-hybridized carbons (Fsp3) is 0.314. The van der Waals surface area contributed by atoms with Crippen LogP contribution in [0.3, 0.4) is 0 Å². The number of aryl methyl sites for hydroxylation is 2. The maximum absolute atomic E-state index is 12.7. The first-order valence-electron chi connectivity index (χ1n) is 14.6. The van der Waals surface area contributed by atoms with Crippen molar-refractivity contribution in [3.8, 4) is 28.3 Å². The number of carboxylic acids is 1. The number of carbonyl (C=O) groups is 2. The van der Waals surface area contributed by atoms with Crippen LogP contribution in [0, 0.1) is 13.8 Å². The van der Waals surface area contributed by atoms with Gasteiger partial charge in [0.15, 0.2) is 5.82 Å². The Balaban J connectivity index is 1.33. The normalized spacial score (nSPS) is 11.6. The topological polar surface area (TPSA) is 101 Å². The van der Waals surface area contributed by atoms with Crippen molar-refractivity contribution < 1.29 is 19.4 Å². The summed E-state index contributed by atoms with van der Waals surface area (Å²) in [6.07, 6.45) is 9.81. The number of nitrogens with one attached hydrogen (secondary N) is 1. The van der Waals surface area contributed by atoms with Crippen LogP contribution in [-0.4, -0.2) is 39.6 Å². The van der Waals surface area contributed by atoms with Crippen LogP contribution < -0.4 is 10.1 Å². The van der Waals surface area contributed by atoms with Crippen LogP contribution in [0.1, 0.15) is 66.1 Å². The third kappa shape index (κ3) is 8.49. The molecule has 0 radical (unpaired) electrons. The summed E-state index contributed by atoms with van der Waals surface area (Å²) in [4.78, 5) is 33.7. The van der Waals surface area contributed by atoms with Crippen molar-refractivity contribution in [2.45, 2.75) is 65.3 Å². The second kappa shape index (κ2) is 14.9. The molecule has 218 valence electrons. The van der Waals surface area contributed by atoms with Crippen LogP contribution in [0.15, 0.2) is 79.1 Å². The van der Waals surface area contributed by atoms with E-state index in [4.69, 9.17) is 4.74 Å². The van der Waals surface area contributed by atoms with Crippen LogP contribution >= 0.6 is 0 Å². The molecule has 0 saturated carbocycles. The summed E-state index contributed by atoms with van der Waals surface area (Å²) in [5.41, 5.74) is 6.01. The molecule has 0 fully saturated rings. The maximum Gasteiger partial charge on any atom is 0.326 e. The van der Waals surface area contributed by atoms with E-state index in [0.29, 0.717) is 11.4 Å². The van der Waals surface area contributed by atoms with Gasteiger partial charge in [0.1, 0.15) is 11.8 Å². The maximum atomic E-state index is 12.7. The zero-order valence-corrected chi connectivity index (χ0v) is 24.6. The Morgan fingerprint density at radius 1 is 0.810 bits per heavy atom. The standard InChI is InChI=1S/C35H39N3O4/c1-4-5-6-7-8-19-42-31-17-15-27(16-18-31)30-22-36-33(37-23-30)28-13-10-26(11-14-28)21-32(35(40)41)38-34(39)29-12-9-24(2)25(3)20-29/h9-18,20,22-23,32H,4-8,19,21H2,1-3H3,(H,38,39)(H,40,41)/t32-/m0/s1. The Bertz CT molecular complexity index is 1470. The molecule has 1 amide bonds. The highest BCUT2D eigenvalue weighted by Gasteiger charge is 2.21. The summed E-state index contributed by atoms with van der Waals surface area (Å²) in [7, 11) is 0. The molecule has 0 aliphatic carbocycles. The number of ether oxygens (including phenoxy) is 1. The minimum atomic E-state index is -1.09. The zero-order valence-electron chi connectivity index (χ0n) is 24.6. The van der Waals surface area contributed by atoms with Gasteiger partial charge >= 0.3 is 5.97 Å². The summed E-state index contributed by atoms with van der Waals surface area (Å²) in [6.45, 7) is 6.83. The number of rotatable bonds is 14. The van der Waals surface area contributed by atoms with E-state index in [0.717, 1.165) is 52.2 Å². The largest absolute Gasteiger partial charge is 0.494 e. The number of nitrogens with zero attached hydrogens (tertiary/aromatic N) is 2. The lowest BCUT2D eigenvalue weighted by Crippen LogP contribution is -2.42. The molecule has 0 unspecified atom stereocenters. The zero-order chi connectivity index (χ0) is 29.9. The summed E-state index contributed by atoms with van der Waals surface area (Å²) in [5, 5.41) is 12.4. The first kappa shape index (κ1) is 30.4. The van der Waals surface area contributed by atoms with E-state index in [9.17, 15) is 14.7 Å². The van der Waals surface area contributed by atoms with Crippen molar-refractivity contribution in [1.82, 2.24) is 15.3 Å². The number of carbonyl (C=O) groups excluding carboxylic acids is 1. The molecule has 1 heterocycles. The fourth-order valence-corrected chi connectivity index (χ4v) is 4.62. The minimum absolute atomic E-state index is 0.157. The predicted molar refractivity (Wildman–Crippen MR) is 166 cm³/mol. The Morgan fingerprint density at radius 3 is 2.12 bits per heavy atom. The number of amides is 1. The Labute approximate surface area is 248 Å². The molecule has 2 N–H and O–H groups in total. The molecule has 7 heteroatoms. The average molecular weight is 566 g/mol. The van der Waals surface area contributed by atoms with Gasteiger partial charge in [0.05, 0.1) is 6.61 Å². The predicted octanol–water partition coefficient (Wildman–Crippen LogP) is 7.20. The van der Waals surface area contributed by atoms with Crippen molar-refractivity contribution in [3.05, 3.63) is 101 Å². The number of unbranched alkanes of at least 4 members (excludes halogenated alkanes) is 4. The number of aliphatic carboxylic acids is 1. The van der Waals surface area contributed by atoms with Crippen molar-refractivity contribution in [1.29, 1.82) is 0 Å². The summed E-state index contributed by atoms with van der Waals surface area (Å²) >= 11 is 0. The Morgan fingerprint density at radius 2 is 1.48 bits per heavy atom. The quantitative estimate of drug-likeness (QED) is 0.157. The van der Waals surface area contributed by atoms with E-state index < -0.39 is 17.9 Å². The smallest absolute Gasteiger partial charge is 0.326 e. The second-order valence-corrected chi connectivity index (χ2v) is 10.6. The molecular formula is C35H39N3O4. The monoisotopic (exact) mass is 565 g/mol. The van der Waals surface area contributed by atoms with Crippen molar-refractivity contribution in [2.24, 2.45) is 0 Å². The van der Waals surface area contributed by atoms with Gasteiger partial charge in [-0.1, -0.05) is 75.1 Å². The number of aromatic nitrogens is 2. The lowest BCUT2D eigenvalue weighted by molar-refractivity contribution is -0.139. The summed E-state index contributed by atoms with van der Waals surface area (Å²) in [6, 6.07) is 19.7. The van der Waals surface area contributed by atoms with Gasteiger partial charge in [-0.2, -0.15) is 0 Å². The molecule has 4 aromatic rings. The average Bonchev–Trinajstić information content (AvgIpc) is 3.00. The molecule has 0 bridgehead atoms. The van der Waals surface area contributed by atoms with Crippen molar-refractivity contribution in [3.63, 3.8) is 0 Å². The van der Waals surface area contributed by atoms with Gasteiger partial charge in [-0.3, -0.25) is 4.79 Å². The van der Waals surface area contributed by atoms with Gasteiger partial charge in [-0.25, -0.2) is 14.8 Å². The van der Waals surface area contributed by atoms with Crippen LogP contribution in [0.2, 0.25) is 0 Å². The highest BCUT2D eigenvalue weighted by Crippen LogP contribution is 2.24. The van der Waals surface area contributed by atoms with Crippen molar-refractivity contribution >= 4 is 11.9 Å². The Hall–Kier alpha value is -4.52. The summed E-state index contributed by atoms with van der Waals surface area (Å²) in [5.74, 6) is -0.0549. The van der Waals surface area contributed by atoms with Crippen LogP contribution in [0.4, 0.5) is 0 Å². The lowest BCUT2D eigenvalue weighted by Gasteiger charge is -2.15. The lowest BCUT2D eigenvalue weighted by atomic mass is 10.0. The van der Waals surface area contributed by atoms with Gasteiger partial charge in [0, 0.05) is 35.5 Å². The van der Waals surface area contributed by atoms with E-state index in [1.807, 2.05) is 68.4 Å². The molecular weight excluding hydrogens is 526 g/mol. The fourth-order valence-electron chi connectivity index (χ4n) is 4.62. The number of hydrogen-bond acceptors (Lipinski definition) is 5.